The number of carbonyl (C=O) groups is 2. The number of hydrogen-bond acceptors (Lipinski definition) is 4. The van der Waals surface area contributed by atoms with Gasteiger partial charge in [-0.1, -0.05) is 13.8 Å². The Morgan fingerprint density at radius 2 is 2.05 bits per heavy atom. The lowest BCUT2D eigenvalue weighted by atomic mass is 9.57. The summed E-state index contributed by atoms with van der Waals surface area (Å²) < 4.78 is 10.7. The highest BCUT2D eigenvalue weighted by Gasteiger charge is 2.59. The normalized spacial score (nSPS) is 30.4. The van der Waals surface area contributed by atoms with Crippen LogP contribution in [0, 0.1) is 11.3 Å². The predicted molar refractivity (Wildman–Crippen MR) is 68.5 cm³/mol. The number of ether oxygens (including phenoxy) is 1. The average Bonchev–Trinajstić information content (AvgIpc) is 3.03. The maximum Gasteiger partial charge on any atom is 0.371 e. The molecule has 1 amide bonds. The molecule has 2 aliphatic rings. The summed E-state index contributed by atoms with van der Waals surface area (Å²) in [6, 6.07) is 2.69. The molecule has 0 radical (unpaired) electrons. The molecule has 20 heavy (non-hydrogen) atoms. The number of carboxylic acids is 1. The van der Waals surface area contributed by atoms with Gasteiger partial charge in [0.05, 0.1) is 6.10 Å². The van der Waals surface area contributed by atoms with Crippen LogP contribution in [-0.2, 0) is 4.74 Å². The molecule has 3 rings (SSSR count). The maximum atomic E-state index is 12.1. The number of fused-ring (bicyclic) bond motifs is 1. The van der Waals surface area contributed by atoms with Crippen molar-refractivity contribution in [1.82, 2.24) is 5.32 Å². The van der Waals surface area contributed by atoms with E-state index in [-0.39, 0.29) is 35.0 Å². The highest BCUT2D eigenvalue weighted by molar-refractivity contribution is 5.93. The van der Waals surface area contributed by atoms with Gasteiger partial charge in [0, 0.05) is 24.0 Å². The van der Waals surface area contributed by atoms with Crippen LogP contribution >= 0.6 is 0 Å². The zero-order chi connectivity index (χ0) is 14.5. The van der Waals surface area contributed by atoms with Gasteiger partial charge in [0.25, 0.3) is 5.91 Å². The van der Waals surface area contributed by atoms with Gasteiger partial charge in [0.1, 0.15) is 0 Å². The van der Waals surface area contributed by atoms with Crippen molar-refractivity contribution in [2.45, 2.75) is 32.4 Å². The fraction of sp³-hybridized carbons (Fsp3) is 0.571. The smallest absolute Gasteiger partial charge is 0.371 e. The van der Waals surface area contributed by atoms with Gasteiger partial charge in [0.15, 0.2) is 5.76 Å². The summed E-state index contributed by atoms with van der Waals surface area (Å²) >= 11 is 0. The average molecular weight is 279 g/mol. The Balaban J connectivity index is 1.71. The molecule has 2 N–H and O–H groups in total. The van der Waals surface area contributed by atoms with Gasteiger partial charge in [-0.2, -0.15) is 0 Å². The standard InChI is InChI=1S/C14H17NO5/c1-14(2)10(7-5-6-19-11(7)14)15-12(16)8-3-4-9(20-8)13(17)18/h3-4,7,10-11H,5-6H2,1-2H3,(H,15,16)(H,17,18)/t7-,10-,11-/m1/s1. The van der Waals surface area contributed by atoms with E-state index in [4.69, 9.17) is 14.3 Å². The molecule has 1 aliphatic carbocycles. The summed E-state index contributed by atoms with van der Waals surface area (Å²) in [5.74, 6) is -1.42. The summed E-state index contributed by atoms with van der Waals surface area (Å²) in [6.07, 6.45) is 1.14. The summed E-state index contributed by atoms with van der Waals surface area (Å²) in [4.78, 5) is 22.9. The second kappa shape index (κ2) is 4.34. The van der Waals surface area contributed by atoms with Crippen molar-refractivity contribution < 1.29 is 23.8 Å². The zero-order valence-electron chi connectivity index (χ0n) is 11.4. The molecular formula is C14H17NO5. The Hall–Kier alpha value is -1.82. The highest BCUT2D eigenvalue weighted by atomic mass is 16.5. The topological polar surface area (TPSA) is 88.8 Å². The first kappa shape index (κ1) is 13.2. The minimum absolute atomic E-state index is 0.0283. The number of carbonyl (C=O) groups excluding carboxylic acids is 1. The van der Waals surface area contributed by atoms with Crippen LogP contribution in [0.2, 0.25) is 0 Å². The molecule has 0 aromatic carbocycles. The molecule has 2 heterocycles. The van der Waals surface area contributed by atoms with Crippen LogP contribution in [0.1, 0.15) is 41.4 Å². The van der Waals surface area contributed by atoms with Crippen LogP contribution < -0.4 is 5.32 Å². The zero-order valence-corrected chi connectivity index (χ0v) is 11.4. The number of rotatable bonds is 3. The lowest BCUT2D eigenvalue weighted by molar-refractivity contribution is -0.109. The molecule has 108 valence electrons. The van der Waals surface area contributed by atoms with Gasteiger partial charge < -0.3 is 19.6 Å². The monoisotopic (exact) mass is 279 g/mol. The quantitative estimate of drug-likeness (QED) is 0.875. The minimum atomic E-state index is -1.18. The molecule has 0 spiro atoms. The van der Waals surface area contributed by atoms with Crippen LogP contribution in [0.3, 0.4) is 0 Å². The number of carboxylic acid groups (broad SMARTS) is 1. The number of amides is 1. The fourth-order valence-electron chi connectivity index (χ4n) is 3.40. The molecule has 1 aromatic heterocycles. The molecule has 0 unspecified atom stereocenters. The van der Waals surface area contributed by atoms with E-state index in [9.17, 15) is 9.59 Å². The van der Waals surface area contributed by atoms with Crippen molar-refractivity contribution in [3.63, 3.8) is 0 Å². The summed E-state index contributed by atoms with van der Waals surface area (Å²) in [5, 5.41) is 11.7. The van der Waals surface area contributed by atoms with Gasteiger partial charge in [-0.05, 0) is 18.6 Å². The summed E-state index contributed by atoms with van der Waals surface area (Å²) in [7, 11) is 0. The van der Waals surface area contributed by atoms with E-state index < -0.39 is 5.97 Å². The lowest BCUT2D eigenvalue weighted by Crippen LogP contribution is -2.66. The first-order valence-corrected chi connectivity index (χ1v) is 6.67. The van der Waals surface area contributed by atoms with E-state index in [1.165, 1.54) is 12.1 Å². The van der Waals surface area contributed by atoms with Crippen LogP contribution in [0.25, 0.3) is 0 Å². The van der Waals surface area contributed by atoms with E-state index in [1.807, 2.05) is 0 Å². The van der Waals surface area contributed by atoms with E-state index in [0.29, 0.717) is 5.92 Å². The SMILES string of the molecule is CC1(C)[C@H](NC(=O)c2ccc(C(=O)O)o2)[C@H]2CCO[C@H]21. The highest BCUT2D eigenvalue weighted by Crippen LogP contribution is 2.52. The molecule has 1 saturated heterocycles. The molecule has 3 atom stereocenters. The second-order valence-electron chi connectivity index (χ2n) is 5.99. The van der Waals surface area contributed by atoms with Gasteiger partial charge in [0.2, 0.25) is 5.76 Å². The van der Waals surface area contributed by atoms with Crippen molar-refractivity contribution in [2.75, 3.05) is 6.61 Å². The van der Waals surface area contributed by atoms with E-state index >= 15 is 0 Å². The van der Waals surface area contributed by atoms with E-state index in [2.05, 4.69) is 19.2 Å². The van der Waals surface area contributed by atoms with Gasteiger partial charge in [-0.3, -0.25) is 4.79 Å². The van der Waals surface area contributed by atoms with Crippen LogP contribution in [-0.4, -0.2) is 35.7 Å². The predicted octanol–water partition coefficient (Wildman–Crippen LogP) is 1.52. The molecular weight excluding hydrogens is 262 g/mol. The van der Waals surface area contributed by atoms with Crippen molar-refractivity contribution in [1.29, 1.82) is 0 Å². The van der Waals surface area contributed by atoms with Crippen LogP contribution in [0.15, 0.2) is 16.5 Å². The molecule has 6 heteroatoms. The number of aromatic carboxylic acids is 1. The number of nitrogens with one attached hydrogen (secondary N) is 1. The maximum absolute atomic E-state index is 12.1. The molecule has 1 saturated carbocycles. The third-order valence-electron chi connectivity index (χ3n) is 4.43. The van der Waals surface area contributed by atoms with Crippen LogP contribution in [0.5, 0.6) is 0 Å². The van der Waals surface area contributed by atoms with Crippen molar-refractivity contribution in [3.05, 3.63) is 23.7 Å². The third-order valence-corrected chi connectivity index (χ3v) is 4.43. The third kappa shape index (κ3) is 1.83. The first-order chi connectivity index (χ1) is 9.41. The van der Waals surface area contributed by atoms with E-state index in [0.717, 1.165) is 13.0 Å². The molecule has 1 aromatic rings. The van der Waals surface area contributed by atoms with Crippen molar-refractivity contribution in [3.8, 4) is 0 Å². The Bertz CT molecular complexity index is 562. The molecule has 6 nitrogen and oxygen atoms in total. The lowest BCUT2D eigenvalue weighted by Gasteiger charge is -2.54. The Morgan fingerprint density at radius 1 is 1.35 bits per heavy atom. The number of hydrogen-bond donors (Lipinski definition) is 2. The van der Waals surface area contributed by atoms with Gasteiger partial charge in [-0.15, -0.1) is 0 Å². The second-order valence-corrected chi connectivity index (χ2v) is 5.99. The Kier molecular flexibility index (Phi) is 2.86. The van der Waals surface area contributed by atoms with Crippen molar-refractivity contribution in [2.24, 2.45) is 11.3 Å². The van der Waals surface area contributed by atoms with Crippen LogP contribution in [0.4, 0.5) is 0 Å². The largest absolute Gasteiger partial charge is 0.475 e. The Labute approximate surface area is 116 Å². The summed E-state index contributed by atoms with van der Waals surface area (Å²) in [6.45, 7) is 4.86. The molecule has 2 fully saturated rings. The molecule has 0 bridgehead atoms. The Morgan fingerprint density at radius 3 is 2.70 bits per heavy atom. The molecule has 1 aliphatic heterocycles. The van der Waals surface area contributed by atoms with Crippen molar-refractivity contribution >= 4 is 11.9 Å². The number of furan rings is 1. The minimum Gasteiger partial charge on any atom is -0.475 e. The summed E-state index contributed by atoms with van der Waals surface area (Å²) in [5.41, 5.74) is -0.112. The first-order valence-electron chi connectivity index (χ1n) is 6.67. The van der Waals surface area contributed by atoms with E-state index in [1.54, 1.807) is 0 Å². The van der Waals surface area contributed by atoms with Gasteiger partial charge >= 0.3 is 5.97 Å². The fourth-order valence-corrected chi connectivity index (χ4v) is 3.40. The van der Waals surface area contributed by atoms with Gasteiger partial charge in [-0.25, -0.2) is 4.79 Å².